The van der Waals surface area contributed by atoms with Crippen molar-refractivity contribution in [2.45, 2.75) is 32.5 Å². The van der Waals surface area contributed by atoms with Gasteiger partial charge in [0.25, 0.3) is 12.1 Å². The molecule has 13 heteroatoms. The Morgan fingerprint density at radius 2 is 2.00 bits per heavy atom. The highest BCUT2D eigenvalue weighted by Gasteiger charge is 2.34. The lowest BCUT2D eigenvalue weighted by atomic mass is 10.2. The number of nitrogens with one attached hydrogen (secondary N) is 1. The minimum Gasteiger partial charge on any atom is -0.487 e. The van der Waals surface area contributed by atoms with Crippen LogP contribution in [0.2, 0.25) is 0 Å². The van der Waals surface area contributed by atoms with Crippen LogP contribution in [0.5, 0.6) is 5.75 Å². The molecule has 8 nitrogen and oxygen atoms in total. The minimum absolute atomic E-state index is 0.0818. The molecular weight excluding hydrogens is 407 g/mol. The highest BCUT2D eigenvalue weighted by Crippen LogP contribution is 2.29. The number of nitro benzene ring substituents is 1. The first kappa shape index (κ1) is 22.0. The number of hydrogen-bond donors (Lipinski definition) is 1. The summed E-state index contributed by atoms with van der Waals surface area (Å²) in [6.45, 7) is 0.236. The molecule has 2 aromatic rings. The summed E-state index contributed by atoms with van der Waals surface area (Å²) in [4.78, 5) is 22.2. The van der Waals surface area contributed by atoms with Crippen molar-refractivity contribution in [3.63, 3.8) is 0 Å². The van der Waals surface area contributed by atoms with E-state index in [2.05, 4.69) is 10.4 Å². The van der Waals surface area contributed by atoms with E-state index in [-0.39, 0.29) is 30.1 Å². The second-order valence-corrected chi connectivity index (χ2v) is 5.86. The SMILES string of the molecule is Cc1cc(C(F)(F)F)nn1CCC(=O)Nc1cc(OCC(F)F)cc([N+](=O)[O-])c1. The number of carbonyl (C=O) groups is 1. The van der Waals surface area contributed by atoms with Crippen LogP contribution in [-0.4, -0.2) is 33.6 Å². The lowest BCUT2D eigenvalue weighted by Gasteiger charge is -2.10. The lowest BCUT2D eigenvalue weighted by molar-refractivity contribution is -0.384. The van der Waals surface area contributed by atoms with Crippen LogP contribution < -0.4 is 10.1 Å². The van der Waals surface area contributed by atoms with Crippen LogP contribution in [0.4, 0.5) is 33.3 Å². The van der Waals surface area contributed by atoms with Gasteiger partial charge in [0.05, 0.1) is 16.7 Å². The van der Waals surface area contributed by atoms with Crippen LogP contribution in [-0.2, 0) is 17.5 Å². The lowest BCUT2D eigenvalue weighted by Crippen LogP contribution is -2.16. The molecule has 1 N–H and O–H groups in total. The summed E-state index contributed by atoms with van der Waals surface area (Å²) in [6.07, 6.45) is -7.70. The van der Waals surface area contributed by atoms with Crippen molar-refractivity contribution >= 4 is 17.3 Å². The van der Waals surface area contributed by atoms with Gasteiger partial charge >= 0.3 is 6.18 Å². The van der Waals surface area contributed by atoms with Gasteiger partial charge in [-0.15, -0.1) is 0 Å². The summed E-state index contributed by atoms with van der Waals surface area (Å²) in [6, 6.07) is 3.87. The molecule has 0 bridgehead atoms. The summed E-state index contributed by atoms with van der Waals surface area (Å²) < 4.78 is 68.2. The molecule has 1 amide bonds. The first-order valence-electron chi connectivity index (χ1n) is 8.07. The van der Waals surface area contributed by atoms with Crippen molar-refractivity contribution in [1.82, 2.24) is 9.78 Å². The number of alkyl halides is 5. The molecule has 0 fully saturated rings. The molecule has 0 aliphatic rings. The maximum Gasteiger partial charge on any atom is 0.435 e. The number of benzene rings is 1. The number of hydrogen-bond acceptors (Lipinski definition) is 5. The second kappa shape index (κ2) is 8.84. The van der Waals surface area contributed by atoms with E-state index in [4.69, 9.17) is 4.74 Å². The third-order valence-electron chi connectivity index (χ3n) is 3.58. The Labute approximate surface area is 160 Å². The predicted octanol–water partition coefficient (Wildman–Crippen LogP) is 3.79. The first-order chi connectivity index (χ1) is 13.5. The number of rotatable bonds is 8. The van der Waals surface area contributed by atoms with E-state index in [9.17, 15) is 36.9 Å². The van der Waals surface area contributed by atoms with Crippen molar-refractivity contribution in [1.29, 1.82) is 0 Å². The van der Waals surface area contributed by atoms with Crippen molar-refractivity contribution < 1.29 is 36.4 Å². The molecule has 1 aromatic heterocycles. The molecule has 0 saturated carbocycles. The van der Waals surface area contributed by atoms with Gasteiger partial charge in [-0.05, 0) is 13.0 Å². The molecule has 0 spiro atoms. The van der Waals surface area contributed by atoms with Crippen molar-refractivity contribution in [2.24, 2.45) is 0 Å². The third kappa shape index (κ3) is 6.40. The van der Waals surface area contributed by atoms with Gasteiger partial charge in [-0.2, -0.15) is 18.3 Å². The summed E-state index contributed by atoms with van der Waals surface area (Å²) in [5, 5.41) is 16.6. The van der Waals surface area contributed by atoms with Crippen molar-refractivity contribution in [3.05, 3.63) is 45.8 Å². The first-order valence-corrected chi connectivity index (χ1v) is 8.07. The molecule has 29 heavy (non-hydrogen) atoms. The fourth-order valence-corrected chi connectivity index (χ4v) is 2.31. The topological polar surface area (TPSA) is 99.3 Å². The average Bonchev–Trinajstić information content (AvgIpc) is 2.99. The number of halogens is 5. The molecule has 0 aliphatic carbocycles. The molecule has 1 aromatic carbocycles. The van der Waals surface area contributed by atoms with Gasteiger partial charge in [0.1, 0.15) is 12.4 Å². The third-order valence-corrected chi connectivity index (χ3v) is 3.58. The maximum absolute atomic E-state index is 12.7. The highest BCUT2D eigenvalue weighted by molar-refractivity contribution is 5.91. The molecule has 1 heterocycles. The molecule has 0 saturated heterocycles. The molecule has 0 atom stereocenters. The van der Waals surface area contributed by atoms with Gasteiger partial charge in [-0.25, -0.2) is 8.78 Å². The van der Waals surface area contributed by atoms with E-state index in [1.54, 1.807) is 0 Å². The van der Waals surface area contributed by atoms with E-state index < -0.39 is 41.4 Å². The number of ether oxygens (including phenoxy) is 1. The summed E-state index contributed by atoms with van der Waals surface area (Å²) in [5.74, 6) is -0.915. The van der Waals surface area contributed by atoms with Gasteiger partial charge in [-0.1, -0.05) is 0 Å². The number of carbonyl (C=O) groups excluding carboxylic acids is 1. The van der Waals surface area contributed by atoms with E-state index >= 15 is 0 Å². The van der Waals surface area contributed by atoms with E-state index in [1.807, 2.05) is 0 Å². The molecule has 158 valence electrons. The molecule has 0 aliphatic heterocycles. The van der Waals surface area contributed by atoms with Crippen molar-refractivity contribution in [3.8, 4) is 5.75 Å². The second-order valence-electron chi connectivity index (χ2n) is 5.86. The number of aryl methyl sites for hydroxylation is 2. The average molecular weight is 422 g/mol. The number of nitrogens with zero attached hydrogens (tertiary/aromatic N) is 3. The quantitative estimate of drug-likeness (QED) is 0.396. The standard InChI is InChI=1S/C16H15F5N4O4/c1-9-4-13(16(19,20)21)23-24(9)3-2-15(26)22-10-5-11(25(27)28)7-12(6-10)29-8-14(17)18/h4-7,14H,2-3,8H2,1H3,(H,22,26). The van der Waals surface area contributed by atoms with Crippen LogP contribution >= 0.6 is 0 Å². The molecular formula is C16H15F5N4O4. The zero-order valence-corrected chi connectivity index (χ0v) is 14.9. The van der Waals surface area contributed by atoms with E-state index in [0.717, 1.165) is 28.9 Å². The Morgan fingerprint density at radius 3 is 2.55 bits per heavy atom. The van der Waals surface area contributed by atoms with Crippen LogP contribution in [0, 0.1) is 17.0 Å². The minimum atomic E-state index is -4.62. The Balaban J connectivity index is 2.06. The van der Waals surface area contributed by atoms with E-state index in [0.29, 0.717) is 0 Å². The summed E-state index contributed by atoms with van der Waals surface area (Å²) in [7, 11) is 0. The number of nitro groups is 1. The number of aromatic nitrogens is 2. The fraction of sp³-hybridized carbons (Fsp3) is 0.375. The zero-order chi connectivity index (χ0) is 21.8. The largest absolute Gasteiger partial charge is 0.487 e. The van der Waals surface area contributed by atoms with Crippen molar-refractivity contribution in [2.75, 3.05) is 11.9 Å². The normalized spacial score (nSPS) is 11.6. The summed E-state index contributed by atoms with van der Waals surface area (Å²) in [5.41, 5.74) is -1.47. The van der Waals surface area contributed by atoms with Gasteiger partial charge < -0.3 is 10.1 Å². The zero-order valence-electron chi connectivity index (χ0n) is 14.9. The van der Waals surface area contributed by atoms with Crippen LogP contribution in [0.3, 0.4) is 0 Å². The van der Waals surface area contributed by atoms with Crippen LogP contribution in [0.25, 0.3) is 0 Å². The number of non-ortho nitro benzene ring substituents is 1. The van der Waals surface area contributed by atoms with Gasteiger partial charge in [0.15, 0.2) is 5.69 Å². The highest BCUT2D eigenvalue weighted by atomic mass is 19.4. The van der Waals surface area contributed by atoms with E-state index in [1.165, 1.54) is 6.92 Å². The van der Waals surface area contributed by atoms with Gasteiger partial charge in [0.2, 0.25) is 5.91 Å². The smallest absolute Gasteiger partial charge is 0.435 e. The predicted molar refractivity (Wildman–Crippen MR) is 89.8 cm³/mol. The van der Waals surface area contributed by atoms with Crippen LogP contribution in [0.15, 0.2) is 24.3 Å². The Bertz CT molecular complexity index is 898. The number of anilines is 1. The number of amides is 1. The van der Waals surface area contributed by atoms with Gasteiger partial charge in [0, 0.05) is 30.8 Å². The maximum atomic E-state index is 12.7. The molecule has 0 unspecified atom stereocenters. The van der Waals surface area contributed by atoms with Gasteiger partial charge in [-0.3, -0.25) is 19.6 Å². The molecule has 0 radical (unpaired) electrons. The summed E-state index contributed by atoms with van der Waals surface area (Å²) >= 11 is 0. The van der Waals surface area contributed by atoms with Crippen LogP contribution in [0.1, 0.15) is 17.8 Å². The Kier molecular flexibility index (Phi) is 6.72. The fourth-order valence-electron chi connectivity index (χ4n) is 2.31. The Hall–Kier alpha value is -3.25. The Morgan fingerprint density at radius 1 is 1.31 bits per heavy atom. The molecule has 2 rings (SSSR count). The monoisotopic (exact) mass is 422 g/mol.